The Labute approximate surface area is 250 Å². The lowest BCUT2D eigenvalue weighted by molar-refractivity contribution is -0.141. The van der Waals surface area contributed by atoms with Crippen LogP contribution >= 0.6 is 12.4 Å². The van der Waals surface area contributed by atoms with Gasteiger partial charge in [-0.3, -0.25) is 9.69 Å². The minimum Gasteiger partial charge on any atom is -0.426 e. The van der Waals surface area contributed by atoms with Gasteiger partial charge in [-0.15, -0.1) is 12.4 Å². The zero-order valence-electron chi connectivity index (χ0n) is 24.4. The summed E-state index contributed by atoms with van der Waals surface area (Å²) in [5, 5.41) is 9.92. The van der Waals surface area contributed by atoms with E-state index in [1.807, 2.05) is 24.3 Å². The van der Waals surface area contributed by atoms with Crippen LogP contribution in [-0.4, -0.2) is 40.6 Å². The molecule has 0 bridgehead atoms. The van der Waals surface area contributed by atoms with E-state index < -0.39 is 5.97 Å². The lowest BCUT2D eigenvalue weighted by atomic mass is 9.86. The Kier molecular flexibility index (Phi) is 11.9. The SMILES string of the molecule is CC(C)N(CC[C@H](c1ccccc1)c1cc(CO)ccc1OC(=O)c1ccc(OC(=O)C2CCC2)cc1)C(C)C.Cl. The standard InChI is InChI=1S/C34H41NO5.ClH/c1-23(2)35(24(3)4)20-19-30(26-9-6-5-7-10-26)31-21-25(22-36)13-18-32(31)40-34(38)28-14-16-29(17-15-28)39-33(37)27-11-8-12-27;/h5-7,9-10,13-18,21,23-24,27,30,36H,8,11-12,19-20,22H2,1-4H3;1H/t30-;/m1./s1. The lowest BCUT2D eigenvalue weighted by Gasteiger charge is -2.32. The first-order valence-corrected chi connectivity index (χ1v) is 14.3. The average Bonchev–Trinajstić information content (AvgIpc) is 2.91. The molecular weight excluding hydrogens is 538 g/mol. The lowest BCUT2D eigenvalue weighted by Crippen LogP contribution is -2.38. The Hall–Kier alpha value is -3.19. The van der Waals surface area contributed by atoms with Gasteiger partial charge in [-0.2, -0.15) is 0 Å². The van der Waals surface area contributed by atoms with Crippen molar-refractivity contribution in [2.45, 2.75) is 78.0 Å². The zero-order valence-corrected chi connectivity index (χ0v) is 25.2. The topological polar surface area (TPSA) is 76.1 Å². The van der Waals surface area contributed by atoms with Gasteiger partial charge in [0.15, 0.2) is 0 Å². The first-order valence-electron chi connectivity index (χ1n) is 14.3. The van der Waals surface area contributed by atoms with Crippen molar-refractivity contribution < 1.29 is 24.2 Å². The normalized spacial score (nSPS) is 14.0. The molecule has 0 aliphatic heterocycles. The fraction of sp³-hybridized carbons (Fsp3) is 0.412. The van der Waals surface area contributed by atoms with E-state index in [-0.39, 0.29) is 36.8 Å². The zero-order chi connectivity index (χ0) is 28.6. The van der Waals surface area contributed by atoms with Crippen LogP contribution < -0.4 is 9.47 Å². The van der Waals surface area contributed by atoms with Crippen LogP contribution in [0.15, 0.2) is 72.8 Å². The number of hydrogen-bond acceptors (Lipinski definition) is 6. The first kappa shape index (κ1) is 32.3. The second kappa shape index (κ2) is 15.2. The number of aliphatic hydroxyl groups is 1. The van der Waals surface area contributed by atoms with Crippen molar-refractivity contribution in [2.75, 3.05) is 6.54 Å². The van der Waals surface area contributed by atoms with Crippen molar-refractivity contribution in [2.24, 2.45) is 5.92 Å². The van der Waals surface area contributed by atoms with Crippen LogP contribution in [0.4, 0.5) is 0 Å². The maximum absolute atomic E-state index is 13.2. The monoisotopic (exact) mass is 579 g/mol. The number of carbonyl (C=O) groups is 2. The van der Waals surface area contributed by atoms with Gasteiger partial charge >= 0.3 is 11.9 Å². The van der Waals surface area contributed by atoms with E-state index in [0.717, 1.165) is 48.9 Å². The van der Waals surface area contributed by atoms with Crippen molar-refractivity contribution in [1.82, 2.24) is 4.90 Å². The predicted octanol–water partition coefficient (Wildman–Crippen LogP) is 7.17. The Morgan fingerprint density at radius 1 is 0.902 bits per heavy atom. The molecule has 7 heteroatoms. The van der Waals surface area contributed by atoms with Crippen LogP contribution in [0, 0.1) is 5.92 Å². The van der Waals surface area contributed by atoms with Gasteiger partial charge in [-0.25, -0.2) is 4.79 Å². The summed E-state index contributed by atoms with van der Waals surface area (Å²) in [7, 11) is 0. The molecule has 1 atom stereocenters. The summed E-state index contributed by atoms with van der Waals surface area (Å²) in [6, 6.07) is 23.0. The van der Waals surface area contributed by atoms with E-state index in [1.165, 1.54) is 0 Å². The minimum atomic E-state index is -0.493. The number of hydrogen-bond donors (Lipinski definition) is 1. The van der Waals surface area contributed by atoms with Crippen LogP contribution in [-0.2, 0) is 11.4 Å². The van der Waals surface area contributed by atoms with Gasteiger partial charge in [0.05, 0.1) is 18.1 Å². The third kappa shape index (κ3) is 8.41. The minimum absolute atomic E-state index is 0. The van der Waals surface area contributed by atoms with Gasteiger partial charge in [-0.1, -0.05) is 42.8 Å². The molecule has 0 aromatic heterocycles. The van der Waals surface area contributed by atoms with Crippen LogP contribution in [0.3, 0.4) is 0 Å². The van der Waals surface area contributed by atoms with E-state index in [1.54, 1.807) is 36.4 Å². The summed E-state index contributed by atoms with van der Waals surface area (Å²) in [6.45, 7) is 9.58. The third-order valence-electron chi connectivity index (χ3n) is 7.79. The third-order valence-corrected chi connectivity index (χ3v) is 7.79. The molecule has 0 heterocycles. The van der Waals surface area contributed by atoms with Gasteiger partial charge in [0.2, 0.25) is 0 Å². The van der Waals surface area contributed by atoms with E-state index in [2.05, 4.69) is 44.7 Å². The molecule has 1 aliphatic rings. The summed E-state index contributed by atoms with van der Waals surface area (Å²) < 4.78 is 11.4. The molecule has 6 nitrogen and oxygen atoms in total. The average molecular weight is 580 g/mol. The van der Waals surface area contributed by atoms with Crippen LogP contribution in [0.5, 0.6) is 11.5 Å². The molecule has 1 aliphatic carbocycles. The van der Waals surface area contributed by atoms with E-state index in [4.69, 9.17) is 9.47 Å². The number of benzene rings is 3. The van der Waals surface area contributed by atoms with E-state index >= 15 is 0 Å². The van der Waals surface area contributed by atoms with Gasteiger partial charge in [0.25, 0.3) is 0 Å². The van der Waals surface area contributed by atoms with Crippen molar-refractivity contribution in [1.29, 1.82) is 0 Å². The molecule has 0 unspecified atom stereocenters. The molecule has 1 saturated carbocycles. The number of halogens is 1. The Balaban J connectivity index is 0.00000462. The second-order valence-corrected chi connectivity index (χ2v) is 11.2. The summed E-state index contributed by atoms with van der Waals surface area (Å²) in [5.74, 6) is 0.130. The highest BCUT2D eigenvalue weighted by Gasteiger charge is 2.27. The summed E-state index contributed by atoms with van der Waals surface area (Å²) in [5.41, 5.74) is 3.12. The van der Waals surface area contributed by atoms with Gasteiger partial charge in [0, 0.05) is 23.6 Å². The maximum Gasteiger partial charge on any atom is 0.343 e. The van der Waals surface area contributed by atoms with Crippen molar-refractivity contribution in [3.63, 3.8) is 0 Å². The Bertz CT molecular complexity index is 1260. The highest BCUT2D eigenvalue weighted by Crippen LogP contribution is 2.36. The molecule has 0 amide bonds. The fourth-order valence-corrected chi connectivity index (χ4v) is 5.30. The smallest absolute Gasteiger partial charge is 0.343 e. The molecule has 0 spiro atoms. The number of ether oxygens (including phenoxy) is 2. The number of aliphatic hydroxyl groups excluding tert-OH is 1. The molecule has 0 radical (unpaired) electrons. The Morgan fingerprint density at radius 3 is 2.12 bits per heavy atom. The summed E-state index contributed by atoms with van der Waals surface area (Å²) in [6.07, 6.45) is 3.63. The van der Waals surface area contributed by atoms with Crippen LogP contribution in [0.2, 0.25) is 0 Å². The van der Waals surface area contributed by atoms with Gasteiger partial charge < -0.3 is 14.6 Å². The molecular formula is C34H42ClNO5. The Morgan fingerprint density at radius 2 is 1.56 bits per heavy atom. The number of carbonyl (C=O) groups excluding carboxylic acids is 2. The van der Waals surface area contributed by atoms with Crippen LogP contribution in [0.1, 0.15) is 86.3 Å². The van der Waals surface area contributed by atoms with Crippen LogP contribution in [0.25, 0.3) is 0 Å². The molecule has 3 aromatic rings. The molecule has 4 rings (SSSR count). The predicted molar refractivity (Wildman–Crippen MR) is 164 cm³/mol. The summed E-state index contributed by atoms with van der Waals surface area (Å²) in [4.78, 5) is 27.8. The number of rotatable bonds is 12. The molecule has 41 heavy (non-hydrogen) atoms. The van der Waals surface area contributed by atoms with Gasteiger partial charge in [-0.05, 0) is 101 Å². The molecule has 220 valence electrons. The summed E-state index contributed by atoms with van der Waals surface area (Å²) >= 11 is 0. The molecule has 1 N–H and O–H groups in total. The second-order valence-electron chi connectivity index (χ2n) is 11.2. The van der Waals surface area contributed by atoms with Crippen molar-refractivity contribution in [3.8, 4) is 11.5 Å². The van der Waals surface area contributed by atoms with Crippen molar-refractivity contribution >= 4 is 24.3 Å². The number of nitrogens with zero attached hydrogens (tertiary/aromatic N) is 1. The highest BCUT2D eigenvalue weighted by molar-refractivity contribution is 5.91. The molecule has 0 saturated heterocycles. The van der Waals surface area contributed by atoms with E-state index in [0.29, 0.717) is 29.1 Å². The fourth-order valence-electron chi connectivity index (χ4n) is 5.30. The largest absolute Gasteiger partial charge is 0.426 e. The first-order chi connectivity index (χ1) is 19.3. The molecule has 3 aromatic carbocycles. The highest BCUT2D eigenvalue weighted by atomic mass is 35.5. The maximum atomic E-state index is 13.2. The van der Waals surface area contributed by atoms with Crippen molar-refractivity contribution in [3.05, 3.63) is 95.1 Å². The molecule has 1 fully saturated rings. The van der Waals surface area contributed by atoms with E-state index in [9.17, 15) is 14.7 Å². The quantitative estimate of drug-likeness (QED) is 0.181. The number of esters is 2. The van der Waals surface area contributed by atoms with Gasteiger partial charge in [0.1, 0.15) is 11.5 Å².